The molecule has 4 nitrogen and oxygen atoms in total. The van der Waals surface area contributed by atoms with Crippen LogP contribution in [0.5, 0.6) is 0 Å². The molecule has 0 aromatic rings. The smallest absolute Gasteiger partial charge is 1.00 e. The van der Waals surface area contributed by atoms with Crippen molar-refractivity contribution in [2.45, 2.75) is 0 Å². The Bertz CT molecular complexity index is 66.2. The Hall–Kier alpha value is 3.38. The molecule has 36 valence electrons. The summed E-state index contributed by atoms with van der Waals surface area (Å²) < 4.78 is 8.66. The van der Waals surface area contributed by atoms with Gasteiger partial charge < -0.3 is 22.1 Å². The summed E-state index contributed by atoms with van der Waals surface area (Å²) >= 11 is 0. The van der Waals surface area contributed by atoms with Gasteiger partial charge in [0.15, 0.2) is 0 Å². The molecule has 7 heteroatoms. The Morgan fingerprint density at radius 1 is 1.57 bits per heavy atom. The summed E-state index contributed by atoms with van der Waals surface area (Å²) in [5, 5.41) is 0. The Kier molecular flexibility index (Phi) is 17.9. The zero-order chi connectivity index (χ0) is 4.50. The van der Waals surface area contributed by atoms with E-state index in [1.165, 1.54) is 0 Å². The topological polar surface area (TPSA) is 83.4 Å². The third-order valence-electron chi connectivity index (χ3n) is 0. The van der Waals surface area contributed by atoms with Crippen molar-refractivity contribution >= 4 is 7.82 Å². The third kappa shape index (κ3) is 44.7. The molecule has 0 unspecified atom stereocenters. The van der Waals surface area contributed by atoms with Crippen molar-refractivity contribution < 1.29 is 128 Å². The molecule has 0 rings (SSSR count). The summed E-state index contributed by atoms with van der Waals surface area (Å²) in [4.78, 5) is 24.3. The average Bonchev–Trinajstić information content (AvgIpc) is 0.722. The standard InChI is InChI=1S/2K.H3O4P.2H/c;;1-5(2,3)4;;/h;;(H3,1,2,3,4);;/q2*+1;;2*-1. The minimum Gasteiger partial charge on any atom is -1.00 e. The molecule has 0 saturated heterocycles. The molecule has 0 atom stereocenters. The maximum atomic E-state index is 8.66. The average molecular weight is 178 g/mol. The fourth-order valence-corrected chi connectivity index (χ4v) is 0. The Labute approximate surface area is 132 Å². The van der Waals surface area contributed by atoms with E-state index in [0.29, 0.717) is 0 Å². The molecule has 0 aromatic heterocycles. The molecule has 0 fully saturated rings. The summed E-state index contributed by atoms with van der Waals surface area (Å²) in [6.07, 6.45) is 0. The molecule has 0 amide bonds. The molecule has 0 aliphatic rings. The van der Waals surface area contributed by atoms with E-state index in [2.05, 4.69) is 0 Å². The van der Waals surface area contributed by atoms with Crippen LogP contribution in [0.1, 0.15) is 5.71 Å². The number of phosphoric acid groups is 1. The van der Waals surface area contributed by atoms with Crippen LogP contribution in [0.25, 0.3) is 0 Å². The van der Waals surface area contributed by atoms with Gasteiger partial charge in [-0.15, -0.1) is 0 Å². The summed E-state index contributed by atoms with van der Waals surface area (Å²) in [6, 6.07) is 0. The van der Waals surface area contributed by atoms with E-state index in [4.69, 9.17) is 19.2 Å². The molecule has 0 aliphatic carbocycles. The van der Waals surface area contributed by atoms with Crippen molar-refractivity contribution in [1.29, 1.82) is 0 Å². The molecule has 0 bridgehead atoms. The van der Waals surface area contributed by atoms with E-state index in [1.54, 1.807) is 0 Å². The Balaban J connectivity index is -0.00000000533. The SMILES string of the molecule is O=P([O-])([O-])O.[H+].[H+].[H-].[H-].[K+].[K+]. The van der Waals surface area contributed by atoms with Crippen molar-refractivity contribution in [3.63, 3.8) is 0 Å². The van der Waals surface area contributed by atoms with Crippen LogP contribution in [-0.2, 0) is 4.57 Å². The monoisotopic (exact) mass is 178 g/mol. The first-order chi connectivity index (χ1) is 2.00. The van der Waals surface area contributed by atoms with Crippen molar-refractivity contribution in [3.05, 3.63) is 0 Å². The summed E-state index contributed by atoms with van der Waals surface area (Å²) in [6.45, 7) is 0. The molecule has 0 saturated carbocycles. The molecule has 0 aromatic carbocycles. The first kappa shape index (κ1) is 16.8. The summed E-state index contributed by atoms with van der Waals surface area (Å²) in [5.41, 5.74) is 0. The minimum atomic E-state index is -5.14. The van der Waals surface area contributed by atoms with Crippen LogP contribution < -0.4 is 113 Å². The van der Waals surface area contributed by atoms with E-state index in [-0.39, 0.29) is 108 Å². The van der Waals surface area contributed by atoms with Gasteiger partial charge in [0.2, 0.25) is 0 Å². The Morgan fingerprint density at radius 2 is 1.57 bits per heavy atom. The van der Waals surface area contributed by atoms with Crippen LogP contribution in [0.4, 0.5) is 0 Å². The van der Waals surface area contributed by atoms with E-state index < -0.39 is 7.82 Å². The van der Waals surface area contributed by atoms with E-state index in [9.17, 15) is 0 Å². The molecule has 0 heterocycles. The largest absolute Gasteiger partial charge is 1.00 e. The van der Waals surface area contributed by atoms with Crippen LogP contribution in [-0.4, -0.2) is 4.89 Å². The van der Waals surface area contributed by atoms with Crippen LogP contribution in [0, 0.1) is 0 Å². The first-order valence-corrected chi connectivity index (χ1v) is 2.24. The van der Waals surface area contributed by atoms with Crippen molar-refractivity contribution in [2.24, 2.45) is 0 Å². The predicted octanol–water partition coefficient (Wildman–Crippen LogP) is -7.73. The maximum absolute atomic E-state index is 8.66. The summed E-state index contributed by atoms with van der Waals surface area (Å²) in [5.74, 6) is 0. The molecule has 0 aliphatic heterocycles. The van der Waals surface area contributed by atoms with Gasteiger partial charge in [0, 0.05) is 0 Å². The summed E-state index contributed by atoms with van der Waals surface area (Å²) in [7, 11) is -5.14. The van der Waals surface area contributed by atoms with Crippen molar-refractivity contribution in [3.8, 4) is 0 Å². The number of rotatable bonds is 0. The van der Waals surface area contributed by atoms with Gasteiger partial charge in [0.05, 0.1) is 7.82 Å². The zero-order valence-corrected chi connectivity index (χ0v) is 11.3. The van der Waals surface area contributed by atoms with Crippen LogP contribution in [0.15, 0.2) is 0 Å². The van der Waals surface area contributed by atoms with Crippen LogP contribution in [0.2, 0.25) is 0 Å². The van der Waals surface area contributed by atoms with Gasteiger partial charge in [0.1, 0.15) is 0 Å². The van der Waals surface area contributed by atoms with E-state index >= 15 is 0 Å². The van der Waals surface area contributed by atoms with Gasteiger partial charge in [0.25, 0.3) is 0 Å². The second-order valence-electron chi connectivity index (χ2n) is 0.469. The Morgan fingerprint density at radius 3 is 1.57 bits per heavy atom. The second kappa shape index (κ2) is 7.49. The van der Waals surface area contributed by atoms with E-state index in [0.717, 1.165) is 0 Å². The molecular weight excluding hydrogens is 173 g/mol. The molecule has 7 heavy (non-hydrogen) atoms. The molecule has 1 N–H and O–H groups in total. The van der Waals surface area contributed by atoms with Gasteiger partial charge in [-0.05, 0) is 0 Å². The molecule has 0 spiro atoms. The number of hydrogen-bond acceptors (Lipinski definition) is 3. The zero-order valence-electron chi connectivity index (χ0n) is 8.12. The van der Waals surface area contributed by atoms with Crippen LogP contribution >= 0.6 is 7.82 Å². The quantitative estimate of drug-likeness (QED) is 0.295. The fraction of sp³-hybridized carbons (Fsp3) is 0. The van der Waals surface area contributed by atoms with Crippen molar-refractivity contribution in [2.75, 3.05) is 0 Å². The molecular formula is H5K2O4P. The van der Waals surface area contributed by atoms with Gasteiger partial charge in [-0.3, -0.25) is 0 Å². The normalized spacial score (nSPS) is 8.43. The van der Waals surface area contributed by atoms with Gasteiger partial charge >= 0.3 is 106 Å². The van der Waals surface area contributed by atoms with Gasteiger partial charge in [-0.25, -0.2) is 0 Å². The molecule has 0 radical (unpaired) electrons. The van der Waals surface area contributed by atoms with E-state index in [1.807, 2.05) is 0 Å². The van der Waals surface area contributed by atoms with Gasteiger partial charge in [-0.1, -0.05) is 0 Å². The van der Waals surface area contributed by atoms with Crippen molar-refractivity contribution in [1.82, 2.24) is 0 Å². The second-order valence-corrected chi connectivity index (χ2v) is 1.41. The van der Waals surface area contributed by atoms with Gasteiger partial charge in [-0.2, -0.15) is 0 Å². The minimum absolute atomic E-state index is 0. The number of hydrogen-bond donors (Lipinski definition) is 1. The fourth-order valence-electron chi connectivity index (χ4n) is 0. The third-order valence-corrected chi connectivity index (χ3v) is 0. The predicted molar refractivity (Wildman–Crippen MR) is 14.3 cm³/mol. The van der Waals surface area contributed by atoms with Crippen LogP contribution in [0.3, 0.4) is 0 Å². The maximum Gasteiger partial charge on any atom is 1.00 e. The first-order valence-electron chi connectivity index (χ1n) is 0.748.